The summed E-state index contributed by atoms with van der Waals surface area (Å²) in [5.41, 5.74) is 11.7. The Morgan fingerprint density at radius 3 is 3.10 bits per heavy atom. The lowest BCUT2D eigenvalue weighted by Crippen LogP contribution is -2.26. The number of aromatic nitrogens is 1. The highest BCUT2D eigenvalue weighted by Crippen LogP contribution is 2.30. The van der Waals surface area contributed by atoms with Crippen LogP contribution >= 0.6 is 11.3 Å². The van der Waals surface area contributed by atoms with Crippen LogP contribution in [0.3, 0.4) is 0 Å². The number of thiazole rings is 1. The Morgan fingerprint density at radius 1 is 1.65 bits per heavy atom. The van der Waals surface area contributed by atoms with Gasteiger partial charge in [-0.15, -0.1) is 0 Å². The minimum absolute atomic E-state index is 0.153. The second kappa shape index (κ2) is 6.71. The van der Waals surface area contributed by atoms with Crippen LogP contribution in [0.15, 0.2) is 12.2 Å². The summed E-state index contributed by atoms with van der Waals surface area (Å²) in [6.45, 7) is 4.20. The maximum absolute atomic E-state index is 12.0. The molecule has 1 aliphatic rings. The molecule has 0 saturated carbocycles. The number of amides is 1. The van der Waals surface area contributed by atoms with Crippen LogP contribution in [0.1, 0.15) is 29.4 Å². The maximum Gasteiger partial charge on any atom is 0.265 e. The van der Waals surface area contributed by atoms with Crippen molar-refractivity contribution >= 4 is 28.2 Å². The standard InChI is InChI=1S/C13H21N5OS/c1-2-3-4-6-16-12(19)10-11(15)17-13(20-10)18-7-5-9(14)8-18/h2-3,9H,4-8,14-15H2,1H3,(H,16,19)/b3-2+. The number of nitrogen functional groups attached to an aromatic ring is 1. The van der Waals surface area contributed by atoms with Crippen molar-refractivity contribution in [2.75, 3.05) is 30.3 Å². The van der Waals surface area contributed by atoms with Gasteiger partial charge in [0.2, 0.25) is 0 Å². The van der Waals surface area contributed by atoms with E-state index in [9.17, 15) is 4.79 Å². The van der Waals surface area contributed by atoms with Crippen LogP contribution in [0.2, 0.25) is 0 Å². The summed E-state index contributed by atoms with van der Waals surface area (Å²) < 4.78 is 0. The zero-order valence-electron chi connectivity index (χ0n) is 11.6. The van der Waals surface area contributed by atoms with Gasteiger partial charge in [0.1, 0.15) is 10.7 Å². The van der Waals surface area contributed by atoms with E-state index in [0.29, 0.717) is 17.2 Å². The lowest BCUT2D eigenvalue weighted by Gasteiger charge is -2.12. The summed E-state index contributed by atoms with van der Waals surface area (Å²) in [4.78, 5) is 18.9. The third kappa shape index (κ3) is 3.49. The van der Waals surface area contributed by atoms with E-state index >= 15 is 0 Å². The van der Waals surface area contributed by atoms with E-state index in [1.165, 1.54) is 11.3 Å². The molecule has 110 valence electrons. The second-order valence-corrected chi connectivity index (χ2v) is 5.80. The summed E-state index contributed by atoms with van der Waals surface area (Å²) >= 11 is 1.33. The van der Waals surface area contributed by atoms with Crippen LogP contribution in [0, 0.1) is 0 Å². The zero-order chi connectivity index (χ0) is 14.5. The smallest absolute Gasteiger partial charge is 0.265 e. The average Bonchev–Trinajstić information content (AvgIpc) is 3.00. The quantitative estimate of drug-likeness (QED) is 0.555. The lowest BCUT2D eigenvalue weighted by atomic mass is 10.3. The molecule has 5 N–H and O–H groups in total. The van der Waals surface area contributed by atoms with E-state index in [0.717, 1.165) is 31.1 Å². The number of anilines is 2. The van der Waals surface area contributed by atoms with Gasteiger partial charge in [-0.25, -0.2) is 4.98 Å². The summed E-state index contributed by atoms with van der Waals surface area (Å²) in [5, 5.41) is 3.63. The van der Waals surface area contributed by atoms with Gasteiger partial charge in [-0.1, -0.05) is 23.5 Å². The highest BCUT2D eigenvalue weighted by Gasteiger charge is 2.24. The number of allylic oxidation sites excluding steroid dienone is 1. The number of hydrogen-bond donors (Lipinski definition) is 3. The monoisotopic (exact) mass is 295 g/mol. The predicted octanol–water partition coefficient (Wildman–Crippen LogP) is 0.959. The van der Waals surface area contributed by atoms with Gasteiger partial charge in [-0.2, -0.15) is 0 Å². The van der Waals surface area contributed by atoms with Crippen molar-refractivity contribution in [3.63, 3.8) is 0 Å². The first-order valence-corrected chi connectivity index (χ1v) is 7.59. The molecule has 0 radical (unpaired) electrons. The Balaban J connectivity index is 1.98. The SMILES string of the molecule is C/C=C/CCNC(=O)c1sc(N2CCC(N)C2)nc1N. The summed E-state index contributed by atoms with van der Waals surface area (Å²) in [6.07, 6.45) is 5.73. The first-order chi connectivity index (χ1) is 9.61. The Morgan fingerprint density at radius 2 is 2.45 bits per heavy atom. The minimum Gasteiger partial charge on any atom is -0.382 e. The van der Waals surface area contributed by atoms with E-state index in [1.807, 2.05) is 19.1 Å². The molecule has 0 aromatic carbocycles. The third-order valence-corrected chi connectivity index (χ3v) is 4.31. The van der Waals surface area contributed by atoms with Gasteiger partial charge >= 0.3 is 0 Å². The van der Waals surface area contributed by atoms with Gasteiger partial charge in [0.05, 0.1) is 0 Å². The van der Waals surface area contributed by atoms with Gasteiger partial charge < -0.3 is 21.7 Å². The van der Waals surface area contributed by atoms with Crippen molar-refractivity contribution < 1.29 is 4.79 Å². The predicted molar refractivity (Wildman–Crippen MR) is 83.1 cm³/mol. The molecule has 7 heteroatoms. The van der Waals surface area contributed by atoms with Gasteiger partial charge in [-0.05, 0) is 19.8 Å². The van der Waals surface area contributed by atoms with Crippen molar-refractivity contribution in [1.29, 1.82) is 0 Å². The maximum atomic E-state index is 12.0. The van der Waals surface area contributed by atoms with E-state index in [-0.39, 0.29) is 11.9 Å². The van der Waals surface area contributed by atoms with E-state index in [4.69, 9.17) is 11.5 Å². The number of rotatable bonds is 5. The van der Waals surface area contributed by atoms with Gasteiger partial charge in [-0.3, -0.25) is 4.79 Å². The Labute approximate surface area is 122 Å². The summed E-state index contributed by atoms with van der Waals surface area (Å²) in [6, 6.07) is 0.179. The molecule has 1 unspecified atom stereocenters. The molecule has 0 spiro atoms. The van der Waals surface area contributed by atoms with Gasteiger partial charge in [0, 0.05) is 25.7 Å². The molecule has 1 atom stereocenters. The fraction of sp³-hybridized carbons (Fsp3) is 0.538. The largest absolute Gasteiger partial charge is 0.382 e. The van der Waals surface area contributed by atoms with Gasteiger partial charge in [0.15, 0.2) is 5.13 Å². The Hall–Kier alpha value is -1.60. The molecule has 20 heavy (non-hydrogen) atoms. The first kappa shape index (κ1) is 14.8. The molecule has 0 aliphatic carbocycles. The number of nitrogens with one attached hydrogen (secondary N) is 1. The number of hydrogen-bond acceptors (Lipinski definition) is 6. The number of nitrogens with two attached hydrogens (primary N) is 2. The highest BCUT2D eigenvalue weighted by atomic mass is 32.1. The lowest BCUT2D eigenvalue weighted by molar-refractivity contribution is 0.0959. The van der Waals surface area contributed by atoms with Crippen molar-refractivity contribution in [1.82, 2.24) is 10.3 Å². The molecule has 2 rings (SSSR count). The first-order valence-electron chi connectivity index (χ1n) is 6.78. The summed E-state index contributed by atoms with van der Waals surface area (Å²) in [5.74, 6) is 0.147. The van der Waals surface area contributed by atoms with Crippen LogP contribution in [-0.4, -0.2) is 36.6 Å². The molecular weight excluding hydrogens is 274 g/mol. The molecule has 1 aromatic heterocycles. The van der Waals surface area contributed by atoms with Crippen molar-refractivity contribution in [2.45, 2.75) is 25.8 Å². The topological polar surface area (TPSA) is 97.3 Å². The third-order valence-electron chi connectivity index (χ3n) is 3.18. The van der Waals surface area contributed by atoms with Crippen LogP contribution in [0.25, 0.3) is 0 Å². The molecule has 1 aliphatic heterocycles. The molecule has 1 aromatic rings. The van der Waals surface area contributed by atoms with Crippen LogP contribution in [0.5, 0.6) is 0 Å². The zero-order valence-corrected chi connectivity index (χ0v) is 12.4. The molecule has 1 saturated heterocycles. The fourth-order valence-corrected chi connectivity index (χ4v) is 3.03. The van der Waals surface area contributed by atoms with Crippen LogP contribution in [-0.2, 0) is 0 Å². The van der Waals surface area contributed by atoms with Crippen LogP contribution in [0.4, 0.5) is 10.9 Å². The average molecular weight is 295 g/mol. The normalized spacial score (nSPS) is 18.9. The van der Waals surface area contributed by atoms with Crippen molar-refractivity contribution in [2.24, 2.45) is 5.73 Å². The number of carbonyl (C=O) groups excluding carboxylic acids is 1. The fourth-order valence-electron chi connectivity index (χ4n) is 2.10. The molecule has 1 amide bonds. The molecule has 6 nitrogen and oxygen atoms in total. The van der Waals surface area contributed by atoms with E-state index < -0.39 is 0 Å². The van der Waals surface area contributed by atoms with E-state index in [1.54, 1.807) is 0 Å². The second-order valence-electron chi connectivity index (χ2n) is 4.82. The Kier molecular flexibility index (Phi) is 4.97. The highest BCUT2D eigenvalue weighted by molar-refractivity contribution is 7.18. The number of nitrogens with zero attached hydrogens (tertiary/aromatic N) is 2. The minimum atomic E-state index is -0.153. The molecule has 0 bridgehead atoms. The molecule has 1 fully saturated rings. The Bertz CT molecular complexity index is 499. The van der Waals surface area contributed by atoms with E-state index in [2.05, 4.69) is 15.2 Å². The van der Waals surface area contributed by atoms with Crippen molar-refractivity contribution in [3.8, 4) is 0 Å². The molecule has 2 heterocycles. The summed E-state index contributed by atoms with van der Waals surface area (Å²) in [7, 11) is 0. The van der Waals surface area contributed by atoms with Gasteiger partial charge in [0.25, 0.3) is 5.91 Å². The van der Waals surface area contributed by atoms with Crippen LogP contribution < -0.4 is 21.7 Å². The number of carbonyl (C=O) groups is 1. The molecular formula is C13H21N5OS. The van der Waals surface area contributed by atoms with Crippen molar-refractivity contribution in [3.05, 3.63) is 17.0 Å².